The lowest BCUT2D eigenvalue weighted by Gasteiger charge is -2.17. The summed E-state index contributed by atoms with van der Waals surface area (Å²) in [5.41, 5.74) is 7.41. The molecule has 1 aliphatic rings. The first-order chi connectivity index (χ1) is 6.83. The molecular formula is C12H17NO. The van der Waals surface area contributed by atoms with Gasteiger partial charge in [-0.25, -0.2) is 0 Å². The first-order valence-electron chi connectivity index (χ1n) is 5.30. The number of benzene rings is 1. The van der Waals surface area contributed by atoms with Gasteiger partial charge < -0.3 is 10.5 Å². The Morgan fingerprint density at radius 2 is 2.29 bits per heavy atom. The van der Waals surface area contributed by atoms with Crippen LogP contribution in [0.25, 0.3) is 0 Å². The van der Waals surface area contributed by atoms with Crippen molar-refractivity contribution >= 4 is 0 Å². The number of hydrogen-bond acceptors (Lipinski definition) is 2. The van der Waals surface area contributed by atoms with Gasteiger partial charge in [-0.2, -0.15) is 0 Å². The third kappa shape index (κ3) is 1.62. The molecule has 76 valence electrons. The SMILES string of the molecule is CCC[C@@H](N)C1COc2ccccc21. The van der Waals surface area contributed by atoms with Crippen LogP contribution in [0.3, 0.4) is 0 Å². The zero-order valence-corrected chi connectivity index (χ0v) is 8.57. The molecule has 1 unspecified atom stereocenters. The van der Waals surface area contributed by atoms with E-state index >= 15 is 0 Å². The zero-order valence-electron chi connectivity index (χ0n) is 8.57. The quantitative estimate of drug-likeness (QED) is 0.795. The Morgan fingerprint density at radius 3 is 3.07 bits per heavy atom. The fourth-order valence-corrected chi connectivity index (χ4v) is 2.08. The molecule has 1 aromatic rings. The van der Waals surface area contributed by atoms with Crippen LogP contribution in [-0.4, -0.2) is 12.6 Å². The lowest BCUT2D eigenvalue weighted by atomic mass is 9.91. The van der Waals surface area contributed by atoms with Crippen LogP contribution in [0.2, 0.25) is 0 Å². The van der Waals surface area contributed by atoms with E-state index in [4.69, 9.17) is 10.5 Å². The zero-order chi connectivity index (χ0) is 9.97. The van der Waals surface area contributed by atoms with Crippen LogP contribution in [0.4, 0.5) is 0 Å². The average Bonchev–Trinajstić information content (AvgIpc) is 2.61. The van der Waals surface area contributed by atoms with Gasteiger partial charge in [0, 0.05) is 17.5 Å². The second-order valence-electron chi connectivity index (χ2n) is 3.91. The van der Waals surface area contributed by atoms with Gasteiger partial charge in [-0.05, 0) is 12.5 Å². The number of para-hydroxylation sites is 1. The van der Waals surface area contributed by atoms with Crippen molar-refractivity contribution in [3.8, 4) is 5.75 Å². The van der Waals surface area contributed by atoms with Crippen LogP contribution < -0.4 is 10.5 Å². The van der Waals surface area contributed by atoms with E-state index in [1.165, 1.54) is 5.56 Å². The fraction of sp³-hybridized carbons (Fsp3) is 0.500. The highest BCUT2D eigenvalue weighted by molar-refractivity contribution is 5.40. The van der Waals surface area contributed by atoms with Crippen LogP contribution >= 0.6 is 0 Å². The van der Waals surface area contributed by atoms with E-state index in [0.717, 1.165) is 25.2 Å². The summed E-state index contributed by atoms with van der Waals surface area (Å²) in [5.74, 6) is 1.41. The minimum atomic E-state index is 0.239. The van der Waals surface area contributed by atoms with Crippen molar-refractivity contribution < 1.29 is 4.74 Å². The molecule has 0 spiro atoms. The Labute approximate surface area is 85.1 Å². The number of ether oxygens (including phenoxy) is 1. The molecule has 14 heavy (non-hydrogen) atoms. The van der Waals surface area contributed by atoms with Gasteiger partial charge in [-0.3, -0.25) is 0 Å². The minimum Gasteiger partial charge on any atom is -0.493 e. The van der Waals surface area contributed by atoms with Gasteiger partial charge in [0.1, 0.15) is 5.75 Å². The summed E-state index contributed by atoms with van der Waals surface area (Å²) in [4.78, 5) is 0. The van der Waals surface area contributed by atoms with Crippen molar-refractivity contribution in [2.45, 2.75) is 31.7 Å². The van der Waals surface area contributed by atoms with Crippen molar-refractivity contribution in [3.63, 3.8) is 0 Å². The van der Waals surface area contributed by atoms with E-state index < -0.39 is 0 Å². The van der Waals surface area contributed by atoms with Gasteiger partial charge in [0.2, 0.25) is 0 Å². The highest BCUT2D eigenvalue weighted by Gasteiger charge is 2.28. The molecule has 0 fully saturated rings. The van der Waals surface area contributed by atoms with Crippen molar-refractivity contribution in [1.29, 1.82) is 0 Å². The predicted molar refractivity (Wildman–Crippen MR) is 57.6 cm³/mol. The van der Waals surface area contributed by atoms with E-state index in [2.05, 4.69) is 19.1 Å². The summed E-state index contributed by atoms with van der Waals surface area (Å²) >= 11 is 0. The molecular weight excluding hydrogens is 174 g/mol. The highest BCUT2D eigenvalue weighted by Crippen LogP contribution is 2.35. The molecule has 0 radical (unpaired) electrons. The van der Waals surface area contributed by atoms with Crippen LogP contribution in [0, 0.1) is 0 Å². The Balaban J connectivity index is 2.17. The first kappa shape index (κ1) is 9.53. The molecule has 2 heteroatoms. The molecule has 1 heterocycles. The summed E-state index contributed by atoms with van der Waals surface area (Å²) in [6, 6.07) is 8.45. The van der Waals surface area contributed by atoms with Crippen molar-refractivity contribution in [2.75, 3.05) is 6.61 Å². The van der Waals surface area contributed by atoms with E-state index in [0.29, 0.717) is 5.92 Å². The number of fused-ring (bicyclic) bond motifs is 1. The van der Waals surface area contributed by atoms with Gasteiger partial charge in [0.05, 0.1) is 6.61 Å². The maximum atomic E-state index is 6.12. The molecule has 2 atom stereocenters. The molecule has 1 aromatic carbocycles. The standard InChI is InChI=1S/C12H17NO/c1-2-5-11(13)10-8-14-12-7-4-3-6-9(10)12/h3-4,6-7,10-11H,2,5,8,13H2,1H3/t10?,11-/m1/s1. The molecule has 1 aliphatic heterocycles. The number of nitrogens with two attached hydrogens (primary N) is 1. The van der Waals surface area contributed by atoms with E-state index in [-0.39, 0.29) is 6.04 Å². The molecule has 2 nitrogen and oxygen atoms in total. The maximum Gasteiger partial charge on any atom is 0.122 e. The molecule has 0 aromatic heterocycles. The lowest BCUT2D eigenvalue weighted by Crippen LogP contribution is -2.29. The lowest BCUT2D eigenvalue weighted by molar-refractivity contribution is 0.309. The summed E-state index contributed by atoms with van der Waals surface area (Å²) in [6.07, 6.45) is 2.21. The van der Waals surface area contributed by atoms with Crippen LogP contribution in [0.5, 0.6) is 5.75 Å². The van der Waals surface area contributed by atoms with Crippen LogP contribution in [0.15, 0.2) is 24.3 Å². The molecule has 0 bridgehead atoms. The second-order valence-corrected chi connectivity index (χ2v) is 3.91. The fourth-order valence-electron chi connectivity index (χ4n) is 2.08. The summed E-state index contributed by atoms with van der Waals surface area (Å²) < 4.78 is 5.60. The van der Waals surface area contributed by atoms with Gasteiger partial charge >= 0.3 is 0 Å². The largest absolute Gasteiger partial charge is 0.493 e. The molecule has 2 N–H and O–H groups in total. The van der Waals surface area contributed by atoms with Crippen molar-refractivity contribution in [2.24, 2.45) is 5.73 Å². The van der Waals surface area contributed by atoms with Gasteiger partial charge in [-0.15, -0.1) is 0 Å². The second kappa shape index (κ2) is 4.01. The van der Waals surface area contributed by atoms with Gasteiger partial charge in [0.25, 0.3) is 0 Å². The summed E-state index contributed by atoms with van der Waals surface area (Å²) in [7, 11) is 0. The van der Waals surface area contributed by atoms with Gasteiger partial charge in [-0.1, -0.05) is 31.5 Å². The van der Waals surface area contributed by atoms with E-state index in [1.807, 2.05) is 12.1 Å². The molecule has 2 rings (SSSR count). The van der Waals surface area contributed by atoms with Crippen molar-refractivity contribution in [3.05, 3.63) is 29.8 Å². The van der Waals surface area contributed by atoms with E-state index in [1.54, 1.807) is 0 Å². The van der Waals surface area contributed by atoms with E-state index in [9.17, 15) is 0 Å². The Hall–Kier alpha value is -1.02. The summed E-state index contributed by atoms with van der Waals surface area (Å²) in [5, 5.41) is 0. The summed E-state index contributed by atoms with van der Waals surface area (Å²) in [6.45, 7) is 2.92. The van der Waals surface area contributed by atoms with Crippen LogP contribution in [0.1, 0.15) is 31.2 Å². The maximum absolute atomic E-state index is 6.12. The number of hydrogen-bond donors (Lipinski definition) is 1. The van der Waals surface area contributed by atoms with Gasteiger partial charge in [0.15, 0.2) is 0 Å². The highest BCUT2D eigenvalue weighted by atomic mass is 16.5. The average molecular weight is 191 g/mol. The van der Waals surface area contributed by atoms with Crippen LogP contribution in [-0.2, 0) is 0 Å². The molecule has 0 amide bonds. The Kier molecular flexibility index (Phi) is 2.73. The number of rotatable bonds is 3. The molecule has 0 saturated heterocycles. The minimum absolute atomic E-state index is 0.239. The monoisotopic (exact) mass is 191 g/mol. The normalized spacial score (nSPS) is 21.4. The smallest absolute Gasteiger partial charge is 0.122 e. The third-order valence-corrected chi connectivity index (χ3v) is 2.88. The molecule has 0 aliphatic carbocycles. The predicted octanol–water partition coefficient (Wildman–Crippen LogP) is 2.29. The Morgan fingerprint density at radius 1 is 1.50 bits per heavy atom. The topological polar surface area (TPSA) is 35.2 Å². The Bertz CT molecular complexity index is 311. The third-order valence-electron chi connectivity index (χ3n) is 2.88. The van der Waals surface area contributed by atoms with Crippen molar-refractivity contribution in [1.82, 2.24) is 0 Å². The molecule has 0 saturated carbocycles. The first-order valence-corrected chi connectivity index (χ1v) is 5.30.